The Bertz CT molecular complexity index is 1610. The molecule has 0 bridgehead atoms. The molecule has 2 amide bonds. The molecule has 40 heavy (non-hydrogen) atoms. The highest BCUT2D eigenvalue weighted by atomic mass is 32.2. The number of carbonyl (C=O) groups is 2. The molecule has 0 saturated heterocycles. The molecule has 1 aliphatic rings. The van der Waals surface area contributed by atoms with Crippen LogP contribution in [0.15, 0.2) is 65.8 Å². The molecule has 5 rings (SSSR count). The van der Waals surface area contributed by atoms with Crippen LogP contribution < -0.4 is 10.1 Å². The lowest BCUT2D eigenvalue weighted by Gasteiger charge is -2.23. The monoisotopic (exact) mass is 587 g/mol. The number of para-hydroxylation sites is 1. The number of hydrogen-bond donors (Lipinski definition) is 1. The van der Waals surface area contributed by atoms with Crippen LogP contribution in [0.2, 0.25) is 0 Å². The number of rotatable bonds is 7. The number of carbonyl (C=O) groups excluding carboxylic acids is 2. The van der Waals surface area contributed by atoms with Gasteiger partial charge in [0.2, 0.25) is 5.13 Å². The lowest BCUT2D eigenvalue weighted by Crippen LogP contribution is -2.28. The number of hydrogen-bond acceptors (Lipinski definition) is 8. The maximum atomic E-state index is 14.6. The molecule has 0 aliphatic carbocycles. The number of anilines is 1. The average molecular weight is 588 g/mol. The van der Waals surface area contributed by atoms with Crippen molar-refractivity contribution in [3.63, 3.8) is 0 Å². The molecule has 3 aromatic carbocycles. The Morgan fingerprint density at radius 3 is 2.35 bits per heavy atom. The van der Waals surface area contributed by atoms with Crippen molar-refractivity contribution < 1.29 is 31.9 Å². The highest BCUT2D eigenvalue weighted by Gasteiger charge is 2.38. The molecule has 14 heteroatoms. The number of thioether (sulfide) groups is 1. The summed E-state index contributed by atoms with van der Waals surface area (Å²) in [6, 6.07) is 12.5. The van der Waals surface area contributed by atoms with E-state index in [1.165, 1.54) is 35.6 Å². The zero-order valence-corrected chi connectivity index (χ0v) is 22.0. The Kier molecular flexibility index (Phi) is 7.80. The summed E-state index contributed by atoms with van der Waals surface area (Å²) in [5.74, 6) is -5.98. The fraction of sp³-hybridized carbons (Fsp3) is 0.115. The standard InChI is InChI=1S/C26H17F4N5O3S2/c1-13-32-33-26(39-13)31-21(36)12-38-20-5-3-2-4-17(20)25-35(24(37)22-18(29)10-16(28)11-19(22)30)34-23(40-25)14-6-8-15(27)9-7-14/h2-11,25H,12H2,1H3,(H,31,33,36). The van der Waals surface area contributed by atoms with E-state index in [9.17, 15) is 27.2 Å². The van der Waals surface area contributed by atoms with E-state index >= 15 is 0 Å². The lowest BCUT2D eigenvalue weighted by molar-refractivity contribution is -0.118. The number of hydrazone groups is 1. The normalized spacial score (nSPS) is 14.7. The van der Waals surface area contributed by atoms with E-state index in [-0.39, 0.29) is 10.8 Å². The Morgan fingerprint density at radius 2 is 1.68 bits per heavy atom. The van der Waals surface area contributed by atoms with Crippen LogP contribution in [0.5, 0.6) is 5.75 Å². The second-order valence-corrected chi connectivity index (χ2v) is 10.5. The molecule has 2 heterocycles. The minimum atomic E-state index is -1.40. The largest absolute Gasteiger partial charge is 0.483 e. The molecule has 0 spiro atoms. The first-order chi connectivity index (χ1) is 19.2. The van der Waals surface area contributed by atoms with Gasteiger partial charge in [0.05, 0.1) is 0 Å². The Hall–Kier alpha value is -4.30. The summed E-state index contributed by atoms with van der Waals surface area (Å²) < 4.78 is 61.9. The maximum absolute atomic E-state index is 14.6. The first kappa shape index (κ1) is 27.3. The van der Waals surface area contributed by atoms with E-state index in [4.69, 9.17) is 4.74 Å². The van der Waals surface area contributed by atoms with Crippen molar-refractivity contribution in [2.45, 2.75) is 12.3 Å². The van der Waals surface area contributed by atoms with E-state index in [2.05, 4.69) is 20.6 Å². The molecular formula is C26H17F4N5O3S2. The third-order valence-electron chi connectivity index (χ3n) is 5.48. The van der Waals surface area contributed by atoms with Gasteiger partial charge in [-0.15, -0.1) is 10.2 Å². The van der Waals surface area contributed by atoms with E-state index < -0.39 is 52.6 Å². The summed E-state index contributed by atoms with van der Waals surface area (Å²) in [6.45, 7) is 1.31. The number of amides is 2. The molecule has 1 aliphatic heterocycles. The van der Waals surface area contributed by atoms with Crippen LogP contribution in [0.1, 0.15) is 31.9 Å². The van der Waals surface area contributed by atoms with Crippen LogP contribution >= 0.6 is 23.1 Å². The van der Waals surface area contributed by atoms with Gasteiger partial charge in [-0.25, -0.2) is 22.6 Å². The molecule has 1 atom stereocenters. The van der Waals surface area contributed by atoms with E-state index in [0.717, 1.165) is 16.8 Å². The molecule has 204 valence electrons. The van der Waals surface area contributed by atoms with Crippen molar-refractivity contribution >= 4 is 45.1 Å². The predicted octanol–water partition coefficient (Wildman–Crippen LogP) is 5.67. The van der Waals surface area contributed by atoms with Crippen LogP contribution in [0, 0.1) is 30.2 Å². The summed E-state index contributed by atoms with van der Waals surface area (Å²) in [5, 5.41) is 15.5. The summed E-state index contributed by atoms with van der Waals surface area (Å²) in [6.07, 6.45) is 0. The summed E-state index contributed by atoms with van der Waals surface area (Å²) in [4.78, 5) is 25.8. The van der Waals surface area contributed by atoms with E-state index in [1.807, 2.05) is 0 Å². The number of ether oxygens (including phenoxy) is 1. The van der Waals surface area contributed by atoms with Crippen molar-refractivity contribution in [3.8, 4) is 5.75 Å². The number of aryl methyl sites for hydroxylation is 1. The predicted molar refractivity (Wildman–Crippen MR) is 141 cm³/mol. The third-order valence-corrected chi connectivity index (χ3v) is 7.45. The molecule has 0 saturated carbocycles. The van der Waals surface area contributed by atoms with Crippen LogP contribution in [0.25, 0.3) is 0 Å². The Morgan fingerprint density at radius 1 is 0.975 bits per heavy atom. The highest BCUT2D eigenvalue weighted by Crippen LogP contribution is 2.45. The molecule has 4 aromatic rings. The van der Waals surface area contributed by atoms with Gasteiger partial charge in [-0.1, -0.05) is 41.3 Å². The van der Waals surface area contributed by atoms with Gasteiger partial charge in [0.15, 0.2) is 6.61 Å². The Balaban J connectivity index is 1.46. The van der Waals surface area contributed by atoms with Crippen molar-refractivity contribution in [1.29, 1.82) is 0 Å². The zero-order chi connectivity index (χ0) is 28.4. The number of aromatic nitrogens is 2. The van der Waals surface area contributed by atoms with Crippen LogP contribution in [0.3, 0.4) is 0 Å². The maximum Gasteiger partial charge on any atom is 0.281 e. The van der Waals surface area contributed by atoms with Crippen molar-refractivity contribution in [1.82, 2.24) is 15.2 Å². The number of halogens is 4. The average Bonchev–Trinajstić information content (AvgIpc) is 3.54. The van der Waals surface area contributed by atoms with E-state index in [1.54, 1.807) is 31.2 Å². The minimum Gasteiger partial charge on any atom is -0.483 e. The lowest BCUT2D eigenvalue weighted by atomic mass is 10.1. The summed E-state index contributed by atoms with van der Waals surface area (Å²) in [5.41, 5.74) is -0.206. The molecule has 0 radical (unpaired) electrons. The number of benzene rings is 3. The van der Waals surface area contributed by atoms with Gasteiger partial charge in [-0.2, -0.15) is 5.10 Å². The molecule has 0 fully saturated rings. The molecular weight excluding hydrogens is 570 g/mol. The van der Waals surface area contributed by atoms with Crippen molar-refractivity contribution in [2.24, 2.45) is 5.10 Å². The molecule has 1 N–H and O–H groups in total. The van der Waals surface area contributed by atoms with Crippen molar-refractivity contribution in [3.05, 3.63) is 106 Å². The van der Waals surface area contributed by atoms with Gasteiger partial charge in [-0.05, 0) is 37.3 Å². The third kappa shape index (κ3) is 5.82. The van der Waals surface area contributed by atoms with Gasteiger partial charge in [0.25, 0.3) is 11.8 Å². The van der Waals surface area contributed by atoms with Gasteiger partial charge < -0.3 is 4.74 Å². The molecule has 1 unspecified atom stereocenters. The van der Waals surface area contributed by atoms with Gasteiger partial charge in [0.1, 0.15) is 50.0 Å². The van der Waals surface area contributed by atoms with Crippen LogP contribution in [0.4, 0.5) is 22.7 Å². The molecule has 8 nitrogen and oxygen atoms in total. The van der Waals surface area contributed by atoms with Crippen molar-refractivity contribution in [2.75, 3.05) is 11.9 Å². The topological polar surface area (TPSA) is 96.8 Å². The summed E-state index contributed by atoms with van der Waals surface area (Å²) in [7, 11) is 0. The van der Waals surface area contributed by atoms with Gasteiger partial charge in [-0.3, -0.25) is 14.9 Å². The fourth-order valence-corrected chi connectivity index (χ4v) is 5.51. The summed E-state index contributed by atoms with van der Waals surface area (Å²) >= 11 is 2.22. The fourth-order valence-electron chi connectivity index (χ4n) is 3.72. The second-order valence-electron chi connectivity index (χ2n) is 8.28. The highest BCUT2D eigenvalue weighted by molar-refractivity contribution is 8.14. The first-order valence-electron chi connectivity index (χ1n) is 11.5. The second kappa shape index (κ2) is 11.4. The minimum absolute atomic E-state index is 0.192. The van der Waals surface area contributed by atoms with E-state index in [0.29, 0.717) is 33.4 Å². The molecule has 1 aromatic heterocycles. The number of nitrogens with zero attached hydrogens (tertiary/aromatic N) is 4. The zero-order valence-electron chi connectivity index (χ0n) is 20.4. The van der Waals surface area contributed by atoms with Crippen LogP contribution in [-0.4, -0.2) is 38.7 Å². The van der Waals surface area contributed by atoms with Gasteiger partial charge >= 0.3 is 0 Å². The number of nitrogens with one attached hydrogen (secondary N) is 1. The van der Waals surface area contributed by atoms with Crippen LogP contribution in [-0.2, 0) is 4.79 Å². The first-order valence-corrected chi connectivity index (χ1v) is 13.2. The quantitative estimate of drug-likeness (QED) is 0.280. The Labute approximate surface area is 232 Å². The SMILES string of the molecule is Cc1nnc(NC(=O)COc2ccccc2C2SC(c3ccc(F)cc3)=NN2C(=O)c2c(F)cc(F)cc2F)s1. The smallest absolute Gasteiger partial charge is 0.281 e. The van der Waals surface area contributed by atoms with Gasteiger partial charge in [0, 0.05) is 23.3 Å².